The van der Waals surface area contributed by atoms with Crippen LogP contribution in [0.15, 0.2) is 57.6 Å². The van der Waals surface area contributed by atoms with E-state index in [-0.39, 0.29) is 11.6 Å². The molecule has 0 saturated carbocycles. The zero-order chi connectivity index (χ0) is 21.7. The highest BCUT2D eigenvalue weighted by atomic mass is 35.5. The Hall–Kier alpha value is -2.84. The molecular weight excluding hydrogens is 384 g/mol. The lowest BCUT2D eigenvalue weighted by Gasteiger charge is -2.19. The third kappa shape index (κ3) is 4.44. The van der Waals surface area contributed by atoms with Crippen LogP contribution in [0.25, 0.3) is 11.2 Å². The van der Waals surface area contributed by atoms with Crippen LogP contribution in [-0.2, 0) is 0 Å². The number of nitrogens with zero attached hydrogens (tertiary/aromatic N) is 4. The van der Waals surface area contributed by atoms with Crippen LogP contribution in [0.3, 0.4) is 0 Å². The minimum Gasteiger partial charge on any atom is -0.316 e. The van der Waals surface area contributed by atoms with E-state index in [0.717, 1.165) is 22.7 Å². The third-order valence-electron chi connectivity index (χ3n) is 4.99. The number of hydrogen-bond donors (Lipinski definition) is 0. The highest BCUT2D eigenvalue weighted by molar-refractivity contribution is 6.33. The van der Waals surface area contributed by atoms with Gasteiger partial charge >= 0.3 is 0 Å². The monoisotopic (exact) mass is 410 g/mol. The van der Waals surface area contributed by atoms with Crippen molar-refractivity contribution in [3.8, 4) is 6.07 Å². The molecule has 1 atom stereocenters. The Morgan fingerprint density at radius 2 is 2.07 bits per heavy atom. The third-order valence-corrected chi connectivity index (χ3v) is 5.30. The number of allylic oxidation sites excluding steroid dienone is 6. The van der Waals surface area contributed by atoms with Crippen molar-refractivity contribution < 1.29 is 0 Å². The van der Waals surface area contributed by atoms with Gasteiger partial charge in [-0.15, -0.1) is 0 Å². The van der Waals surface area contributed by atoms with E-state index >= 15 is 0 Å². The van der Waals surface area contributed by atoms with Crippen LogP contribution in [0.1, 0.15) is 59.7 Å². The summed E-state index contributed by atoms with van der Waals surface area (Å²) < 4.78 is 3.41. The van der Waals surface area contributed by atoms with Crippen LogP contribution in [0.4, 0.5) is 0 Å². The summed E-state index contributed by atoms with van der Waals surface area (Å²) in [5, 5.41) is 9.74. The second-order valence-electron chi connectivity index (χ2n) is 6.79. The summed E-state index contributed by atoms with van der Waals surface area (Å²) in [6.07, 6.45) is 9.99. The van der Waals surface area contributed by atoms with Crippen molar-refractivity contribution in [1.82, 2.24) is 8.97 Å². The van der Waals surface area contributed by atoms with Gasteiger partial charge in [0.1, 0.15) is 5.52 Å². The predicted octanol–water partition coefficient (Wildman–Crippen LogP) is 5.96. The number of fused-ring (bicyclic) bond motifs is 1. The van der Waals surface area contributed by atoms with E-state index in [4.69, 9.17) is 16.6 Å². The van der Waals surface area contributed by atoms with Gasteiger partial charge in [0.05, 0.1) is 22.8 Å². The van der Waals surface area contributed by atoms with Gasteiger partial charge in [-0.25, -0.2) is 0 Å². The summed E-state index contributed by atoms with van der Waals surface area (Å²) in [5.74, 6) is 0. The summed E-state index contributed by atoms with van der Waals surface area (Å²) in [6, 6.07) is 3.65. The summed E-state index contributed by atoms with van der Waals surface area (Å²) in [5.41, 5.74) is 4.11. The molecule has 0 N–H and O–H groups in total. The van der Waals surface area contributed by atoms with Crippen LogP contribution in [0.5, 0.6) is 0 Å². The molecule has 6 heteroatoms. The van der Waals surface area contributed by atoms with Gasteiger partial charge in [0.25, 0.3) is 5.56 Å². The minimum absolute atomic E-state index is 0.193. The maximum Gasteiger partial charge on any atom is 0.281 e. The van der Waals surface area contributed by atoms with E-state index in [1.165, 1.54) is 0 Å². The summed E-state index contributed by atoms with van der Waals surface area (Å²) in [4.78, 5) is 18.1. The van der Waals surface area contributed by atoms with Crippen LogP contribution in [-0.4, -0.2) is 14.7 Å². The van der Waals surface area contributed by atoms with E-state index < -0.39 is 0 Å². The molecule has 0 aliphatic heterocycles. The van der Waals surface area contributed by atoms with Crippen molar-refractivity contribution in [1.29, 1.82) is 5.26 Å². The molecule has 2 heterocycles. The number of halogens is 1. The van der Waals surface area contributed by atoms with E-state index in [1.54, 1.807) is 21.2 Å². The quantitative estimate of drug-likeness (QED) is 0.335. The van der Waals surface area contributed by atoms with Crippen LogP contribution < -0.4 is 5.56 Å². The lowest BCUT2D eigenvalue weighted by molar-refractivity contribution is 0.727. The Labute approximate surface area is 177 Å². The average Bonchev–Trinajstić information content (AvgIpc) is 3.08. The van der Waals surface area contributed by atoms with Crippen LogP contribution in [0.2, 0.25) is 5.02 Å². The van der Waals surface area contributed by atoms with E-state index in [1.807, 2.05) is 66.0 Å². The Kier molecular flexibility index (Phi) is 7.41. The van der Waals surface area contributed by atoms with Gasteiger partial charge in [0.2, 0.25) is 0 Å². The van der Waals surface area contributed by atoms with Gasteiger partial charge in [-0.3, -0.25) is 14.4 Å². The SMILES string of the molecule is CC=CC(=CC)n1c(C(C)N=C(C)C(C)=C(C#N)CC)cn2ccc(Cl)c2c1=O. The first-order chi connectivity index (χ1) is 13.8. The van der Waals surface area contributed by atoms with Gasteiger partial charge < -0.3 is 4.40 Å². The number of hydrogen-bond acceptors (Lipinski definition) is 3. The number of aromatic nitrogens is 2. The fraction of sp³-hybridized carbons (Fsp3) is 0.348. The predicted molar refractivity (Wildman–Crippen MR) is 122 cm³/mol. The van der Waals surface area contributed by atoms with Gasteiger partial charge in [-0.1, -0.05) is 30.7 Å². The largest absolute Gasteiger partial charge is 0.316 e. The van der Waals surface area contributed by atoms with Gasteiger partial charge in [0, 0.05) is 29.4 Å². The Morgan fingerprint density at radius 3 is 2.62 bits per heavy atom. The van der Waals surface area contributed by atoms with Gasteiger partial charge in [-0.05, 0) is 58.8 Å². The second kappa shape index (κ2) is 9.58. The molecule has 0 saturated heterocycles. The Morgan fingerprint density at radius 1 is 1.38 bits per heavy atom. The lowest BCUT2D eigenvalue weighted by Crippen LogP contribution is -2.25. The highest BCUT2D eigenvalue weighted by Crippen LogP contribution is 2.24. The van der Waals surface area contributed by atoms with Crippen molar-refractivity contribution in [2.24, 2.45) is 4.99 Å². The molecule has 2 aromatic heterocycles. The molecule has 0 fully saturated rings. The molecule has 2 aromatic rings. The molecular formula is C23H27ClN4O. The second-order valence-corrected chi connectivity index (χ2v) is 7.19. The lowest BCUT2D eigenvalue weighted by atomic mass is 10.0. The first-order valence-corrected chi connectivity index (χ1v) is 10.0. The maximum absolute atomic E-state index is 13.3. The smallest absolute Gasteiger partial charge is 0.281 e. The minimum atomic E-state index is -0.305. The van der Waals surface area contributed by atoms with Crippen LogP contribution >= 0.6 is 11.6 Å². The number of nitriles is 1. The standard InChI is InChI=1S/C23H27ClN4O/c1-7-10-19(9-3)28-21(14-27-12-11-20(24)22(27)23(28)29)17(6)26-16(5)15(4)18(8-2)13-25/h7,9-12,14,17H,8H2,1-6H3. The molecule has 0 amide bonds. The van der Waals surface area contributed by atoms with Crippen molar-refractivity contribution >= 4 is 28.5 Å². The summed E-state index contributed by atoms with van der Waals surface area (Å²) in [7, 11) is 0. The van der Waals surface area contributed by atoms with Crippen molar-refractivity contribution in [2.75, 3.05) is 0 Å². The molecule has 0 aromatic carbocycles. The molecule has 0 radical (unpaired) electrons. The Bertz CT molecular complexity index is 1140. The molecule has 0 aliphatic carbocycles. The average molecular weight is 411 g/mol. The Balaban J connectivity index is 2.78. The number of aliphatic imine (C=N–C) groups is 1. The van der Waals surface area contributed by atoms with Gasteiger partial charge in [-0.2, -0.15) is 5.26 Å². The highest BCUT2D eigenvalue weighted by Gasteiger charge is 2.18. The number of rotatable bonds is 6. The topological polar surface area (TPSA) is 62.6 Å². The summed E-state index contributed by atoms with van der Waals surface area (Å²) >= 11 is 6.26. The van der Waals surface area contributed by atoms with Crippen molar-refractivity contribution in [3.05, 3.63) is 68.9 Å². The van der Waals surface area contributed by atoms with Gasteiger partial charge in [0.15, 0.2) is 0 Å². The zero-order valence-electron chi connectivity index (χ0n) is 17.8. The molecule has 2 rings (SSSR count). The molecule has 29 heavy (non-hydrogen) atoms. The first kappa shape index (κ1) is 22.4. The fourth-order valence-electron chi connectivity index (χ4n) is 3.30. The van der Waals surface area contributed by atoms with E-state index in [9.17, 15) is 10.1 Å². The fourth-order valence-corrected chi connectivity index (χ4v) is 3.53. The molecule has 0 aliphatic rings. The normalized spacial score (nSPS) is 15.0. The molecule has 0 bridgehead atoms. The maximum atomic E-state index is 13.3. The van der Waals surface area contributed by atoms with E-state index in [2.05, 4.69) is 6.07 Å². The van der Waals surface area contributed by atoms with E-state index in [0.29, 0.717) is 22.5 Å². The molecule has 1 unspecified atom stereocenters. The van der Waals surface area contributed by atoms with Crippen LogP contribution in [0, 0.1) is 11.3 Å². The summed E-state index contributed by atoms with van der Waals surface area (Å²) in [6.45, 7) is 11.5. The molecule has 152 valence electrons. The molecule has 0 spiro atoms. The molecule has 5 nitrogen and oxygen atoms in total. The first-order valence-electron chi connectivity index (χ1n) is 9.66. The van der Waals surface area contributed by atoms with Crippen molar-refractivity contribution in [2.45, 2.75) is 54.0 Å². The van der Waals surface area contributed by atoms with Crippen molar-refractivity contribution in [3.63, 3.8) is 0 Å². The zero-order valence-corrected chi connectivity index (χ0v) is 18.6.